The number of aromatic amines is 1. The van der Waals surface area contributed by atoms with Crippen molar-refractivity contribution in [2.75, 3.05) is 0 Å². The Morgan fingerprint density at radius 2 is 1.74 bits per heavy atom. The first-order valence-electron chi connectivity index (χ1n) is 10.4. The molecule has 4 nitrogen and oxygen atoms in total. The van der Waals surface area contributed by atoms with Crippen LogP contribution in [-0.4, -0.2) is 14.6 Å². The summed E-state index contributed by atoms with van der Waals surface area (Å²) < 4.78 is 68.4. The molecule has 172 valence electrons. The van der Waals surface area contributed by atoms with Crippen molar-refractivity contribution in [3.63, 3.8) is 0 Å². The fourth-order valence-corrected chi connectivity index (χ4v) is 3.97. The fraction of sp³-hybridized carbons (Fsp3) is 0.120. The Kier molecular flexibility index (Phi) is 5.19. The van der Waals surface area contributed by atoms with Gasteiger partial charge in [0.25, 0.3) is 5.56 Å². The summed E-state index contributed by atoms with van der Waals surface area (Å²) >= 11 is 0. The molecule has 0 fully saturated rings. The average molecular weight is 469 g/mol. The molecular formula is C25H16F5N3O. The van der Waals surface area contributed by atoms with Gasteiger partial charge in [0.1, 0.15) is 11.6 Å². The number of benzene rings is 2. The van der Waals surface area contributed by atoms with Gasteiger partial charge in [-0.25, -0.2) is 18.3 Å². The number of hydrogen-bond acceptors (Lipinski definition) is 2. The molecule has 4 aromatic rings. The second-order valence-electron chi connectivity index (χ2n) is 7.84. The molecule has 1 aliphatic rings. The summed E-state index contributed by atoms with van der Waals surface area (Å²) in [6.07, 6.45) is 2.78. The Morgan fingerprint density at radius 1 is 0.971 bits per heavy atom. The van der Waals surface area contributed by atoms with E-state index in [2.05, 4.69) is 10.1 Å². The molecule has 1 N–H and O–H groups in total. The normalized spacial score (nSPS) is 14.0. The summed E-state index contributed by atoms with van der Waals surface area (Å²) in [6.45, 7) is 0. The lowest BCUT2D eigenvalue weighted by Crippen LogP contribution is -2.14. The maximum absolute atomic E-state index is 14.9. The second kappa shape index (κ2) is 8.09. The fourth-order valence-electron chi connectivity index (χ4n) is 3.97. The van der Waals surface area contributed by atoms with Crippen LogP contribution in [-0.2, 0) is 6.18 Å². The summed E-state index contributed by atoms with van der Waals surface area (Å²) in [4.78, 5) is 17.4. The highest BCUT2D eigenvalue weighted by molar-refractivity contribution is 5.91. The molecule has 2 aromatic heterocycles. The molecule has 0 bridgehead atoms. The van der Waals surface area contributed by atoms with Gasteiger partial charge in [0, 0.05) is 23.3 Å². The Morgan fingerprint density at radius 3 is 2.38 bits per heavy atom. The number of rotatable bonds is 3. The summed E-state index contributed by atoms with van der Waals surface area (Å²) in [5, 5.41) is 2.96. The molecule has 2 aromatic carbocycles. The predicted molar refractivity (Wildman–Crippen MR) is 118 cm³/mol. The van der Waals surface area contributed by atoms with E-state index in [4.69, 9.17) is 0 Å². The standard InChI is InChI=1S/C25H16F5N3O/c26-17-10-11-18(19(27)12-17)22-23(15-4-2-1-3-5-15)32-33-21(34)13-20(31-24(22)33)14-6-8-16(9-7-14)25(28,29)30/h2,4-13,32H,1,3H2. The lowest BCUT2D eigenvalue weighted by Gasteiger charge is -2.09. The number of aromatic nitrogens is 3. The third-order valence-electron chi connectivity index (χ3n) is 5.61. The minimum Gasteiger partial charge on any atom is -0.288 e. The maximum atomic E-state index is 14.9. The first kappa shape index (κ1) is 21.8. The van der Waals surface area contributed by atoms with E-state index in [9.17, 15) is 26.7 Å². The van der Waals surface area contributed by atoms with Crippen LogP contribution >= 0.6 is 0 Å². The quantitative estimate of drug-likeness (QED) is 0.354. The lowest BCUT2D eigenvalue weighted by molar-refractivity contribution is -0.137. The molecule has 9 heteroatoms. The number of allylic oxidation sites excluding steroid dienone is 4. The third kappa shape index (κ3) is 3.83. The molecule has 0 saturated heterocycles. The molecular weight excluding hydrogens is 453 g/mol. The van der Waals surface area contributed by atoms with E-state index in [0.29, 0.717) is 11.3 Å². The number of H-pyrrole nitrogens is 1. The van der Waals surface area contributed by atoms with Gasteiger partial charge >= 0.3 is 6.18 Å². The second-order valence-corrected chi connectivity index (χ2v) is 7.84. The van der Waals surface area contributed by atoms with E-state index in [1.165, 1.54) is 24.3 Å². The van der Waals surface area contributed by atoms with Crippen LogP contribution in [0.4, 0.5) is 22.0 Å². The molecule has 0 spiro atoms. The van der Waals surface area contributed by atoms with E-state index >= 15 is 0 Å². The van der Waals surface area contributed by atoms with Gasteiger partial charge in [-0.05, 0) is 42.7 Å². The van der Waals surface area contributed by atoms with Gasteiger partial charge in [0.2, 0.25) is 0 Å². The zero-order chi connectivity index (χ0) is 24.0. The van der Waals surface area contributed by atoms with Crippen LogP contribution in [0.25, 0.3) is 33.6 Å². The number of alkyl halides is 3. The van der Waals surface area contributed by atoms with Crippen LogP contribution in [0.3, 0.4) is 0 Å². The van der Waals surface area contributed by atoms with Crippen molar-refractivity contribution in [2.45, 2.75) is 19.0 Å². The van der Waals surface area contributed by atoms with E-state index in [0.717, 1.165) is 41.6 Å². The van der Waals surface area contributed by atoms with Gasteiger partial charge in [0.15, 0.2) is 5.65 Å². The van der Waals surface area contributed by atoms with Gasteiger partial charge in [-0.15, -0.1) is 0 Å². The van der Waals surface area contributed by atoms with Crippen molar-refractivity contribution < 1.29 is 22.0 Å². The third-order valence-corrected chi connectivity index (χ3v) is 5.61. The molecule has 0 amide bonds. The van der Waals surface area contributed by atoms with Gasteiger partial charge in [0.05, 0.1) is 22.5 Å². The van der Waals surface area contributed by atoms with Crippen LogP contribution in [0, 0.1) is 11.6 Å². The van der Waals surface area contributed by atoms with Crippen molar-refractivity contribution in [1.29, 1.82) is 0 Å². The van der Waals surface area contributed by atoms with Gasteiger partial charge in [-0.2, -0.15) is 13.2 Å². The molecule has 5 rings (SSSR count). The zero-order valence-corrected chi connectivity index (χ0v) is 17.5. The predicted octanol–water partition coefficient (Wildman–Crippen LogP) is 6.39. The smallest absolute Gasteiger partial charge is 0.288 e. The van der Waals surface area contributed by atoms with Gasteiger partial charge < -0.3 is 0 Å². The summed E-state index contributed by atoms with van der Waals surface area (Å²) in [5.74, 6) is -1.59. The highest BCUT2D eigenvalue weighted by Gasteiger charge is 2.30. The molecule has 1 aliphatic carbocycles. The van der Waals surface area contributed by atoms with Crippen molar-refractivity contribution in [3.8, 4) is 22.4 Å². The van der Waals surface area contributed by atoms with E-state index in [-0.39, 0.29) is 28.0 Å². The Balaban J connectivity index is 1.76. The zero-order valence-electron chi connectivity index (χ0n) is 17.5. The van der Waals surface area contributed by atoms with Crippen molar-refractivity contribution >= 4 is 11.2 Å². The monoisotopic (exact) mass is 469 g/mol. The molecule has 0 aliphatic heterocycles. The van der Waals surface area contributed by atoms with Crippen molar-refractivity contribution in [1.82, 2.24) is 14.6 Å². The molecule has 0 radical (unpaired) electrons. The molecule has 34 heavy (non-hydrogen) atoms. The van der Waals surface area contributed by atoms with Gasteiger partial charge in [-0.3, -0.25) is 9.89 Å². The first-order chi connectivity index (χ1) is 16.2. The Hall–Kier alpha value is -4.01. The minimum atomic E-state index is -4.50. The van der Waals surface area contributed by atoms with E-state index in [1.54, 1.807) is 0 Å². The number of nitrogens with zero attached hydrogens (tertiary/aromatic N) is 2. The van der Waals surface area contributed by atoms with E-state index < -0.39 is 28.9 Å². The van der Waals surface area contributed by atoms with Crippen molar-refractivity contribution in [2.24, 2.45) is 0 Å². The summed E-state index contributed by atoms with van der Waals surface area (Å²) in [5.41, 5.74) is 0.550. The van der Waals surface area contributed by atoms with Crippen LogP contribution in [0.2, 0.25) is 0 Å². The van der Waals surface area contributed by atoms with E-state index in [1.807, 2.05) is 18.2 Å². The molecule has 2 heterocycles. The van der Waals surface area contributed by atoms with Crippen LogP contribution in [0.1, 0.15) is 24.1 Å². The number of fused-ring (bicyclic) bond motifs is 1. The highest BCUT2D eigenvalue weighted by Crippen LogP contribution is 2.36. The minimum absolute atomic E-state index is 0.0338. The summed E-state index contributed by atoms with van der Waals surface area (Å²) in [7, 11) is 0. The van der Waals surface area contributed by atoms with Crippen LogP contribution in [0.5, 0.6) is 0 Å². The average Bonchev–Trinajstić information content (AvgIpc) is 3.19. The largest absolute Gasteiger partial charge is 0.416 e. The molecule has 0 unspecified atom stereocenters. The van der Waals surface area contributed by atoms with Crippen LogP contribution in [0.15, 0.2) is 71.6 Å². The first-order valence-corrected chi connectivity index (χ1v) is 10.4. The Bertz CT molecular complexity index is 1530. The SMILES string of the molecule is O=c1cc(-c2ccc(C(F)(F)F)cc2)nc2c(-c3ccc(F)cc3F)c(C3=CCCC=C3)[nH]n12. The topological polar surface area (TPSA) is 50.2 Å². The lowest BCUT2D eigenvalue weighted by atomic mass is 9.97. The Labute approximate surface area is 189 Å². The highest BCUT2D eigenvalue weighted by atomic mass is 19.4. The maximum Gasteiger partial charge on any atom is 0.416 e. The number of halogens is 5. The number of nitrogens with one attached hydrogen (secondary N) is 1. The van der Waals surface area contributed by atoms with Crippen molar-refractivity contribution in [3.05, 3.63) is 100 Å². The summed E-state index contributed by atoms with van der Waals surface area (Å²) in [6, 6.07) is 8.55. The number of hydrogen-bond donors (Lipinski definition) is 1. The molecule has 0 saturated carbocycles. The van der Waals surface area contributed by atoms with Crippen LogP contribution < -0.4 is 5.56 Å². The van der Waals surface area contributed by atoms with Gasteiger partial charge in [-0.1, -0.05) is 30.4 Å². The molecule has 0 atom stereocenters.